The van der Waals surface area contributed by atoms with E-state index in [2.05, 4.69) is 25.3 Å². The predicted molar refractivity (Wildman–Crippen MR) is 104 cm³/mol. The minimum atomic E-state index is 0.0689. The number of amides is 2. The van der Waals surface area contributed by atoms with Crippen LogP contribution in [0.15, 0.2) is 6.33 Å². The van der Waals surface area contributed by atoms with Crippen LogP contribution in [0.1, 0.15) is 44.3 Å². The van der Waals surface area contributed by atoms with Gasteiger partial charge in [0, 0.05) is 51.6 Å². The van der Waals surface area contributed by atoms with Crippen molar-refractivity contribution in [2.75, 3.05) is 32.7 Å². The highest BCUT2D eigenvalue weighted by Gasteiger charge is 2.37. The standard InChI is InChI=1S/C20H32N6O2/c1-24-14-22-23-18(24)6-9-21-19(27)16-3-2-10-26(13-16)17-7-11-25(12-8-17)20(28)15-4-5-15/h14-17H,2-13H2,1H3,(H,21,27). The number of hydrogen-bond donors (Lipinski definition) is 1. The van der Waals surface area contributed by atoms with Crippen molar-refractivity contribution in [3.05, 3.63) is 12.2 Å². The lowest BCUT2D eigenvalue weighted by molar-refractivity contribution is -0.134. The van der Waals surface area contributed by atoms with Gasteiger partial charge in [0.1, 0.15) is 12.2 Å². The number of piperidine rings is 2. The van der Waals surface area contributed by atoms with Crippen LogP contribution in [0.4, 0.5) is 0 Å². The van der Waals surface area contributed by atoms with Crippen LogP contribution < -0.4 is 5.32 Å². The molecule has 3 fully saturated rings. The van der Waals surface area contributed by atoms with Crippen LogP contribution in [0.2, 0.25) is 0 Å². The van der Waals surface area contributed by atoms with E-state index in [0.29, 0.717) is 30.8 Å². The summed E-state index contributed by atoms with van der Waals surface area (Å²) >= 11 is 0. The van der Waals surface area contributed by atoms with E-state index in [1.165, 1.54) is 0 Å². The molecule has 1 atom stereocenters. The Morgan fingerprint density at radius 2 is 1.89 bits per heavy atom. The Morgan fingerprint density at radius 1 is 1.11 bits per heavy atom. The van der Waals surface area contributed by atoms with Gasteiger partial charge in [0.15, 0.2) is 0 Å². The molecule has 0 aromatic carbocycles. The second-order valence-corrected chi connectivity index (χ2v) is 8.56. The van der Waals surface area contributed by atoms with Crippen molar-refractivity contribution >= 4 is 11.8 Å². The number of rotatable bonds is 6. The normalized spacial score (nSPS) is 24.3. The minimum absolute atomic E-state index is 0.0689. The second kappa shape index (κ2) is 8.59. The molecule has 1 aliphatic carbocycles. The molecule has 8 heteroatoms. The molecule has 2 amide bonds. The molecule has 1 aromatic heterocycles. The topological polar surface area (TPSA) is 83.4 Å². The number of aromatic nitrogens is 3. The maximum absolute atomic E-state index is 12.6. The van der Waals surface area contributed by atoms with E-state index >= 15 is 0 Å². The number of aryl methyl sites for hydroxylation is 1. The Kier molecular flexibility index (Phi) is 5.94. The summed E-state index contributed by atoms with van der Waals surface area (Å²) in [5.41, 5.74) is 0. The number of carbonyl (C=O) groups is 2. The third-order valence-electron chi connectivity index (χ3n) is 6.50. The molecule has 3 aliphatic rings. The van der Waals surface area contributed by atoms with Gasteiger partial charge in [0.25, 0.3) is 0 Å². The van der Waals surface area contributed by atoms with Crippen LogP contribution in [0, 0.1) is 11.8 Å². The lowest BCUT2D eigenvalue weighted by Crippen LogP contribution is -2.51. The molecule has 0 bridgehead atoms. The zero-order chi connectivity index (χ0) is 19.5. The molecule has 1 saturated carbocycles. The number of nitrogens with zero attached hydrogens (tertiary/aromatic N) is 5. The minimum Gasteiger partial charge on any atom is -0.355 e. The quantitative estimate of drug-likeness (QED) is 0.771. The van der Waals surface area contributed by atoms with E-state index in [4.69, 9.17) is 0 Å². The third-order valence-corrected chi connectivity index (χ3v) is 6.50. The van der Waals surface area contributed by atoms with Crippen molar-refractivity contribution in [1.29, 1.82) is 0 Å². The molecule has 1 N–H and O–H groups in total. The van der Waals surface area contributed by atoms with Gasteiger partial charge in [-0.1, -0.05) is 0 Å². The van der Waals surface area contributed by atoms with Gasteiger partial charge >= 0.3 is 0 Å². The predicted octanol–water partition coefficient (Wildman–Crippen LogP) is 0.587. The van der Waals surface area contributed by atoms with E-state index in [0.717, 1.165) is 70.5 Å². The van der Waals surface area contributed by atoms with Gasteiger partial charge in [-0.3, -0.25) is 14.5 Å². The molecule has 2 saturated heterocycles. The Labute approximate surface area is 166 Å². The van der Waals surface area contributed by atoms with Gasteiger partial charge in [0.05, 0.1) is 5.92 Å². The van der Waals surface area contributed by atoms with E-state index in [1.54, 1.807) is 6.33 Å². The first-order valence-electron chi connectivity index (χ1n) is 10.7. The van der Waals surface area contributed by atoms with Crippen LogP contribution >= 0.6 is 0 Å². The van der Waals surface area contributed by atoms with Crippen LogP contribution in [0.25, 0.3) is 0 Å². The summed E-state index contributed by atoms with van der Waals surface area (Å²) in [5, 5.41) is 11.0. The first kappa shape index (κ1) is 19.4. The molecule has 0 radical (unpaired) electrons. The van der Waals surface area contributed by atoms with Gasteiger partial charge in [-0.2, -0.15) is 0 Å². The van der Waals surface area contributed by atoms with Crippen molar-refractivity contribution in [3.8, 4) is 0 Å². The zero-order valence-corrected chi connectivity index (χ0v) is 16.8. The largest absolute Gasteiger partial charge is 0.355 e. The van der Waals surface area contributed by atoms with E-state index in [-0.39, 0.29) is 11.8 Å². The van der Waals surface area contributed by atoms with E-state index < -0.39 is 0 Å². The highest BCUT2D eigenvalue weighted by Crippen LogP contribution is 2.32. The fourth-order valence-corrected chi connectivity index (χ4v) is 4.57. The van der Waals surface area contributed by atoms with E-state index in [9.17, 15) is 9.59 Å². The lowest BCUT2D eigenvalue weighted by atomic mass is 9.93. The first-order valence-corrected chi connectivity index (χ1v) is 10.7. The zero-order valence-electron chi connectivity index (χ0n) is 16.8. The second-order valence-electron chi connectivity index (χ2n) is 8.56. The first-order chi connectivity index (χ1) is 13.6. The Morgan fingerprint density at radius 3 is 2.57 bits per heavy atom. The van der Waals surface area contributed by atoms with Crippen molar-refractivity contribution in [2.24, 2.45) is 18.9 Å². The SMILES string of the molecule is Cn1cnnc1CCNC(=O)C1CCCN(C2CCN(C(=O)C3CC3)CC2)C1. The molecule has 28 heavy (non-hydrogen) atoms. The maximum atomic E-state index is 12.6. The summed E-state index contributed by atoms with van der Waals surface area (Å²) in [6.07, 6.45) is 8.66. The summed E-state index contributed by atoms with van der Waals surface area (Å²) in [4.78, 5) is 29.4. The van der Waals surface area contributed by atoms with Gasteiger partial charge < -0.3 is 14.8 Å². The monoisotopic (exact) mass is 388 g/mol. The van der Waals surface area contributed by atoms with Gasteiger partial charge in [0.2, 0.25) is 11.8 Å². The van der Waals surface area contributed by atoms with Crippen LogP contribution in [0.3, 0.4) is 0 Å². The van der Waals surface area contributed by atoms with Crippen molar-refractivity contribution in [2.45, 2.75) is 51.0 Å². The highest BCUT2D eigenvalue weighted by atomic mass is 16.2. The van der Waals surface area contributed by atoms with Crippen molar-refractivity contribution in [3.63, 3.8) is 0 Å². The van der Waals surface area contributed by atoms with Crippen molar-refractivity contribution in [1.82, 2.24) is 29.9 Å². The summed E-state index contributed by atoms with van der Waals surface area (Å²) in [7, 11) is 1.92. The Balaban J connectivity index is 1.21. The lowest BCUT2D eigenvalue weighted by Gasteiger charge is -2.42. The van der Waals surface area contributed by atoms with Gasteiger partial charge in [-0.15, -0.1) is 10.2 Å². The number of carbonyl (C=O) groups excluding carboxylic acids is 2. The molecule has 0 spiro atoms. The molecule has 1 unspecified atom stereocenters. The highest BCUT2D eigenvalue weighted by molar-refractivity contribution is 5.81. The summed E-state index contributed by atoms with van der Waals surface area (Å²) in [6, 6.07) is 0.512. The van der Waals surface area contributed by atoms with Crippen LogP contribution in [-0.4, -0.2) is 75.1 Å². The molecular weight excluding hydrogens is 356 g/mol. The van der Waals surface area contributed by atoms with Crippen LogP contribution in [0.5, 0.6) is 0 Å². The maximum Gasteiger partial charge on any atom is 0.225 e. The summed E-state index contributed by atoms with van der Waals surface area (Å²) in [5.74, 6) is 1.81. The van der Waals surface area contributed by atoms with Gasteiger partial charge in [-0.05, 0) is 45.1 Å². The van der Waals surface area contributed by atoms with Crippen molar-refractivity contribution < 1.29 is 9.59 Å². The Bertz CT molecular complexity index is 693. The molecule has 4 rings (SSSR count). The molecule has 2 aliphatic heterocycles. The third kappa shape index (κ3) is 4.54. The number of nitrogens with one attached hydrogen (secondary N) is 1. The summed E-state index contributed by atoms with van der Waals surface area (Å²) in [6.45, 7) is 4.28. The fourth-order valence-electron chi connectivity index (χ4n) is 4.57. The fraction of sp³-hybridized carbons (Fsp3) is 0.800. The number of likely N-dealkylation sites (tertiary alicyclic amines) is 2. The molecule has 8 nitrogen and oxygen atoms in total. The molecule has 3 heterocycles. The average molecular weight is 389 g/mol. The molecule has 154 valence electrons. The van der Waals surface area contributed by atoms with Crippen LogP contribution in [-0.2, 0) is 23.1 Å². The van der Waals surface area contributed by atoms with Gasteiger partial charge in [-0.25, -0.2) is 0 Å². The van der Waals surface area contributed by atoms with E-state index in [1.807, 2.05) is 11.6 Å². The Hall–Kier alpha value is -1.96. The number of hydrogen-bond acceptors (Lipinski definition) is 5. The smallest absolute Gasteiger partial charge is 0.225 e. The average Bonchev–Trinajstić information content (AvgIpc) is 3.50. The molecule has 1 aromatic rings. The molecular formula is C20H32N6O2. The summed E-state index contributed by atoms with van der Waals surface area (Å²) < 4.78 is 1.88.